The van der Waals surface area contributed by atoms with Gasteiger partial charge in [0, 0.05) is 31.3 Å². The van der Waals surface area contributed by atoms with E-state index in [2.05, 4.69) is 10.1 Å². The smallest absolute Gasteiger partial charge is 0.254 e. The number of nitrogens with zero attached hydrogens (tertiary/aromatic N) is 5. The molecule has 7 nitrogen and oxygen atoms in total. The average Bonchev–Trinajstić information content (AvgIpc) is 3.44. The minimum absolute atomic E-state index is 0.0775. The lowest BCUT2D eigenvalue weighted by Gasteiger charge is -2.26. The molecule has 0 aliphatic carbocycles. The van der Waals surface area contributed by atoms with E-state index in [9.17, 15) is 9.59 Å². The molecule has 0 radical (unpaired) electrons. The van der Waals surface area contributed by atoms with Crippen molar-refractivity contribution in [2.75, 3.05) is 18.5 Å². The standard InChI is InChI=1S/C22H23N5O2/c1-16(17-8-10-19(11-9-17)27-15-23-14-24-27)25(2)22(29)18-5-3-6-20(13-18)26-12-4-7-21(26)28/h3,5-6,8-11,13-16H,4,7,12H2,1-2H3/t16-/m1/s1. The highest BCUT2D eigenvalue weighted by atomic mass is 16.2. The van der Waals surface area contributed by atoms with E-state index < -0.39 is 0 Å². The maximum absolute atomic E-state index is 13.1. The second-order valence-corrected chi connectivity index (χ2v) is 7.22. The number of benzene rings is 2. The number of hydrogen-bond acceptors (Lipinski definition) is 4. The third-order valence-electron chi connectivity index (χ3n) is 5.44. The molecule has 1 atom stereocenters. The molecule has 7 heteroatoms. The van der Waals surface area contributed by atoms with Crippen LogP contribution in [-0.2, 0) is 4.79 Å². The van der Waals surface area contributed by atoms with E-state index in [1.54, 1.807) is 33.9 Å². The van der Waals surface area contributed by atoms with Gasteiger partial charge in [0.15, 0.2) is 0 Å². The van der Waals surface area contributed by atoms with Crippen molar-refractivity contribution in [3.8, 4) is 5.69 Å². The van der Waals surface area contributed by atoms with Crippen molar-refractivity contribution in [2.45, 2.75) is 25.8 Å². The molecule has 29 heavy (non-hydrogen) atoms. The first-order valence-corrected chi connectivity index (χ1v) is 9.67. The van der Waals surface area contributed by atoms with Gasteiger partial charge < -0.3 is 9.80 Å². The molecular formula is C22H23N5O2. The van der Waals surface area contributed by atoms with E-state index in [4.69, 9.17) is 0 Å². The molecule has 2 amide bonds. The van der Waals surface area contributed by atoms with Crippen molar-refractivity contribution in [1.82, 2.24) is 19.7 Å². The Bertz CT molecular complexity index is 1010. The van der Waals surface area contributed by atoms with Crippen molar-refractivity contribution in [3.05, 3.63) is 72.3 Å². The summed E-state index contributed by atoms with van der Waals surface area (Å²) in [7, 11) is 1.80. The molecule has 1 saturated heterocycles. The monoisotopic (exact) mass is 389 g/mol. The average molecular weight is 389 g/mol. The highest BCUT2D eigenvalue weighted by Gasteiger charge is 2.24. The van der Waals surface area contributed by atoms with Gasteiger partial charge in [-0.3, -0.25) is 9.59 Å². The van der Waals surface area contributed by atoms with Gasteiger partial charge in [-0.2, -0.15) is 5.10 Å². The molecule has 3 aromatic rings. The minimum atomic E-state index is -0.107. The molecular weight excluding hydrogens is 366 g/mol. The lowest BCUT2D eigenvalue weighted by molar-refractivity contribution is -0.117. The van der Waals surface area contributed by atoms with Crippen LogP contribution in [0.3, 0.4) is 0 Å². The number of anilines is 1. The number of carbonyl (C=O) groups excluding carboxylic acids is 2. The molecule has 0 saturated carbocycles. The lowest BCUT2D eigenvalue weighted by Crippen LogP contribution is -2.30. The molecule has 1 aliphatic heterocycles. The number of amides is 2. The van der Waals surface area contributed by atoms with Crippen LogP contribution in [0.1, 0.15) is 41.7 Å². The van der Waals surface area contributed by atoms with E-state index in [0.717, 1.165) is 23.4 Å². The quantitative estimate of drug-likeness (QED) is 0.672. The molecule has 1 aromatic heterocycles. The van der Waals surface area contributed by atoms with Crippen molar-refractivity contribution < 1.29 is 9.59 Å². The fraction of sp³-hybridized carbons (Fsp3) is 0.273. The van der Waals surface area contributed by atoms with Crippen LogP contribution in [0.25, 0.3) is 5.69 Å². The second kappa shape index (κ2) is 7.87. The summed E-state index contributed by atoms with van der Waals surface area (Å²) >= 11 is 0. The van der Waals surface area contributed by atoms with E-state index in [-0.39, 0.29) is 17.9 Å². The van der Waals surface area contributed by atoms with Crippen molar-refractivity contribution >= 4 is 17.5 Å². The Labute approximate surface area is 169 Å². The van der Waals surface area contributed by atoms with E-state index in [0.29, 0.717) is 18.5 Å². The first kappa shape index (κ1) is 18.9. The summed E-state index contributed by atoms with van der Waals surface area (Å²) in [5.74, 6) is 0.0372. The Balaban J connectivity index is 1.51. The normalized spacial score (nSPS) is 14.8. The third kappa shape index (κ3) is 3.76. The first-order valence-electron chi connectivity index (χ1n) is 9.67. The molecule has 0 unspecified atom stereocenters. The predicted octanol–water partition coefficient (Wildman–Crippen LogP) is 3.23. The lowest BCUT2D eigenvalue weighted by atomic mass is 10.1. The van der Waals surface area contributed by atoms with Crippen LogP contribution < -0.4 is 4.90 Å². The van der Waals surface area contributed by atoms with E-state index in [1.807, 2.05) is 49.4 Å². The van der Waals surface area contributed by atoms with Gasteiger partial charge >= 0.3 is 0 Å². The molecule has 1 aliphatic rings. The number of rotatable bonds is 5. The Hall–Kier alpha value is -3.48. The van der Waals surface area contributed by atoms with Crippen LogP contribution in [0.5, 0.6) is 0 Å². The molecule has 2 aromatic carbocycles. The maximum Gasteiger partial charge on any atom is 0.254 e. The number of hydrogen-bond donors (Lipinski definition) is 0. The van der Waals surface area contributed by atoms with Crippen LogP contribution >= 0.6 is 0 Å². The Morgan fingerprint density at radius 3 is 2.59 bits per heavy atom. The van der Waals surface area contributed by atoms with Gasteiger partial charge in [0.1, 0.15) is 12.7 Å². The first-order chi connectivity index (χ1) is 14.0. The summed E-state index contributed by atoms with van der Waals surface area (Å²) in [6.45, 7) is 2.71. The summed E-state index contributed by atoms with van der Waals surface area (Å²) in [5.41, 5.74) is 3.30. The zero-order valence-electron chi connectivity index (χ0n) is 16.5. The van der Waals surface area contributed by atoms with Gasteiger partial charge in [-0.25, -0.2) is 9.67 Å². The molecule has 0 spiro atoms. The van der Waals surface area contributed by atoms with Gasteiger partial charge in [0.05, 0.1) is 11.7 Å². The Morgan fingerprint density at radius 1 is 1.14 bits per heavy atom. The van der Waals surface area contributed by atoms with Crippen LogP contribution in [-0.4, -0.2) is 45.1 Å². The molecule has 0 bridgehead atoms. The molecule has 0 N–H and O–H groups in total. The van der Waals surface area contributed by atoms with Crippen molar-refractivity contribution in [2.24, 2.45) is 0 Å². The van der Waals surface area contributed by atoms with Crippen LogP contribution in [0, 0.1) is 0 Å². The topological polar surface area (TPSA) is 71.3 Å². The number of carbonyl (C=O) groups is 2. The highest BCUT2D eigenvalue weighted by molar-refractivity contribution is 5.99. The van der Waals surface area contributed by atoms with Crippen molar-refractivity contribution in [3.63, 3.8) is 0 Å². The van der Waals surface area contributed by atoms with Gasteiger partial charge in [0.25, 0.3) is 5.91 Å². The van der Waals surface area contributed by atoms with Gasteiger partial charge in [-0.1, -0.05) is 18.2 Å². The fourth-order valence-electron chi connectivity index (χ4n) is 3.58. The van der Waals surface area contributed by atoms with Crippen molar-refractivity contribution in [1.29, 1.82) is 0 Å². The summed E-state index contributed by atoms with van der Waals surface area (Å²) in [5, 5.41) is 4.12. The summed E-state index contributed by atoms with van der Waals surface area (Å²) in [6.07, 6.45) is 4.57. The second-order valence-electron chi connectivity index (χ2n) is 7.22. The molecule has 1 fully saturated rings. The summed E-state index contributed by atoms with van der Waals surface area (Å²) in [4.78, 5) is 32.5. The minimum Gasteiger partial charge on any atom is -0.335 e. The zero-order chi connectivity index (χ0) is 20.4. The van der Waals surface area contributed by atoms with Crippen LogP contribution in [0.4, 0.5) is 5.69 Å². The van der Waals surface area contributed by atoms with Gasteiger partial charge in [-0.15, -0.1) is 0 Å². The maximum atomic E-state index is 13.1. The Kier molecular flexibility index (Phi) is 5.12. The molecule has 4 rings (SSSR count). The van der Waals surface area contributed by atoms with E-state index >= 15 is 0 Å². The van der Waals surface area contributed by atoms with Crippen LogP contribution in [0.2, 0.25) is 0 Å². The fourth-order valence-corrected chi connectivity index (χ4v) is 3.58. The van der Waals surface area contributed by atoms with Gasteiger partial charge in [-0.05, 0) is 49.2 Å². The zero-order valence-corrected chi connectivity index (χ0v) is 16.5. The van der Waals surface area contributed by atoms with Crippen LogP contribution in [0.15, 0.2) is 61.2 Å². The number of aromatic nitrogens is 3. The summed E-state index contributed by atoms with van der Waals surface area (Å²) in [6, 6.07) is 15.1. The SMILES string of the molecule is C[C@H](c1ccc(-n2cncn2)cc1)N(C)C(=O)c1cccc(N2CCCC2=O)c1. The van der Waals surface area contributed by atoms with E-state index in [1.165, 1.54) is 6.33 Å². The molecule has 2 heterocycles. The Morgan fingerprint density at radius 2 is 1.93 bits per heavy atom. The third-order valence-corrected chi connectivity index (χ3v) is 5.44. The largest absolute Gasteiger partial charge is 0.335 e. The highest BCUT2D eigenvalue weighted by Crippen LogP contribution is 2.25. The molecule has 148 valence electrons. The van der Waals surface area contributed by atoms with Gasteiger partial charge in [0.2, 0.25) is 5.91 Å². The predicted molar refractivity (Wildman–Crippen MR) is 110 cm³/mol. The summed E-state index contributed by atoms with van der Waals surface area (Å²) < 4.78 is 1.69.